The molecule has 0 aliphatic carbocycles. The maximum Gasteiger partial charge on any atom is 0.324 e. The van der Waals surface area contributed by atoms with Crippen LogP contribution < -0.4 is 10.7 Å². The Morgan fingerprint density at radius 3 is 2.47 bits per heavy atom. The van der Waals surface area contributed by atoms with E-state index in [2.05, 4.69) is 73.5 Å². The number of aromatic hydroxyl groups is 1. The Balaban J connectivity index is 1.26. The van der Waals surface area contributed by atoms with Gasteiger partial charge in [-0.3, -0.25) is 29.0 Å². The number of hydrogen-bond acceptors (Lipinski definition) is 8. The summed E-state index contributed by atoms with van der Waals surface area (Å²) in [7, 11) is 1.58. The fraction of sp³-hybridized carbons (Fsp3) is 0.431. The van der Waals surface area contributed by atoms with E-state index in [-0.39, 0.29) is 48.8 Å². The second-order valence-corrected chi connectivity index (χ2v) is 18.7. The van der Waals surface area contributed by atoms with Gasteiger partial charge < -0.3 is 29.5 Å². The molecule has 64 heavy (non-hydrogen) atoms. The molecule has 3 aliphatic heterocycles. The summed E-state index contributed by atoms with van der Waals surface area (Å²) >= 11 is 0. The quantitative estimate of drug-likeness (QED) is 0.125. The van der Waals surface area contributed by atoms with Crippen molar-refractivity contribution >= 4 is 40.5 Å². The molecule has 4 amide bonds. The zero-order valence-corrected chi connectivity index (χ0v) is 38.0. The first-order chi connectivity index (χ1) is 30.5. The molecule has 3 aromatic carbocycles. The number of carbonyl (C=O) groups is 5. The topological polar surface area (TPSA) is 154 Å². The van der Waals surface area contributed by atoms with E-state index >= 15 is 0 Å². The monoisotopic (exact) mass is 870 g/mol. The number of nitrogens with zero attached hydrogens (tertiary/aromatic N) is 4. The van der Waals surface area contributed by atoms with E-state index in [1.165, 1.54) is 16.0 Å². The molecule has 1 unspecified atom stereocenters. The number of ether oxygens (including phenoxy) is 1. The number of nitrogens with one attached hydrogen (secondary N) is 2. The van der Waals surface area contributed by atoms with Crippen molar-refractivity contribution in [1.82, 2.24) is 30.1 Å². The highest BCUT2D eigenvalue weighted by Crippen LogP contribution is 2.41. The number of amides is 4. The zero-order valence-electron chi connectivity index (χ0n) is 38.0. The van der Waals surface area contributed by atoms with E-state index in [0.717, 1.165) is 45.4 Å². The Kier molecular flexibility index (Phi) is 13.5. The van der Waals surface area contributed by atoms with Gasteiger partial charge in [-0.1, -0.05) is 83.3 Å². The van der Waals surface area contributed by atoms with Gasteiger partial charge in [0.15, 0.2) is 0 Å². The zero-order chi connectivity index (χ0) is 46.0. The summed E-state index contributed by atoms with van der Waals surface area (Å²) < 4.78 is 8.40. The van der Waals surface area contributed by atoms with Crippen molar-refractivity contribution in [3.63, 3.8) is 0 Å². The van der Waals surface area contributed by atoms with Crippen LogP contribution in [0.4, 0.5) is 0 Å². The van der Waals surface area contributed by atoms with Gasteiger partial charge in [-0.25, -0.2) is 5.43 Å². The minimum Gasteiger partial charge on any atom is -0.508 e. The smallest absolute Gasteiger partial charge is 0.324 e. The van der Waals surface area contributed by atoms with Crippen LogP contribution in [0.25, 0.3) is 33.3 Å². The van der Waals surface area contributed by atoms with E-state index in [9.17, 15) is 29.1 Å². The average Bonchev–Trinajstić information content (AvgIpc) is 3.89. The van der Waals surface area contributed by atoms with Crippen LogP contribution in [0.5, 0.6) is 5.75 Å². The number of benzene rings is 3. The standard InChI is InChI=1S/C51H62N6O7/c1-9-44(59)55-22-20-36(29-55)48(61)54(8)45(31(3)4)47(60)52-32(5)39-25-33-23-37(26-38(58)24-33)35-18-19-43-40(27-35)41(46(56(43)10-2)34-15-12-11-13-16-34)28-51(6,7)30-64-50(63)42-17-14-21-57(53-42)49(39)62/h9,11-13,15-16,18-19,23-24,26-27,31,36,39,42,45,53,58H,1,5,10,14,17,20-22,25,28-30H2,2-4,6-8H3,(H,52,60)/t36-,39?,42-,45-/m0/s1. The SMILES string of the molecule is C=CC(=O)N1CC[C@H](C(=O)N(C)[C@H](C(=O)NC(=C)C2Cc3cc(O)cc(c3)-c3ccc4c(c3)c(c(-c3ccccc3)n4CC)CC(C)(C)COC(=O)[C@@H]3CCCN(N3)C2=O)C(C)C)C1. The van der Waals surface area contributed by atoms with Crippen LogP contribution in [0.3, 0.4) is 0 Å². The Labute approximate surface area is 376 Å². The van der Waals surface area contributed by atoms with Crippen LogP contribution in [0, 0.1) is 23.2 Å². The number of hydrazine groups is 1. The van der Waals surface area contributed by atoms with Gasteiger partial charge in [-0.05, 0) is 103 Å². The number of rotatable bonds is 9. The number of fused-ring (bicyclic) bond motifs is 6. The van der Waals surface area contributed by atoms with Crippen molar-refractivity contribution in [3.05, 3.63) is 103 Å². The van der Waals surface area contributed by atoms with Crippen LogP contribution in [0.2, 0.25) is 0 Å². The largest absolute Gasteiger partial charge is 0.508 e. The second-order valence-electron chi connectivity index (χ2n) is 18.7. The van der Waals surface area contributed by atoms with Gasteiger partial charge in [0.2, 0.25) is 23.6 Å². The Hall–Kier alpha value is -6.21. The van der Waals surface area contributed by atoms with Gasteiger partial charge in [0.1, 0.15) is 17.8 Å². The van der Waals surface area contributed by atoms with Gasteiger partial charge >= 0.3 is 5.97 Å². The van der Waals surface area contributed by atoms with Gasteiger partial charge in [-0.15, -0.1) is 0 Å². The first-order valence-electron chi connectivity index (χ1n) is 22.5. The van der Waals surface area contributed by atoms with E-state index in [1.54, 1.807) is 24.1 Å². The third-order valence-corrected chi connectivity index (χ3v) is 13.0. The van der Waals surface area contributed by atoms with Crippen LogP contribution in [0.15, 0.2) is 91.7 Å². The van der Waals surface area contributed by atoms with Crippen LogP contribution in [-0.4, -0.2) is 99.5 Å². The molecular weight excluding hydrogens is 809 g/mol. The fourth-order valence-electron chi connectivity index (χ4n) is 9.75. The molecule has 6 bridgehead atoms. The van der Waals surface area contributed by atoms with Crippen molar-refractivity contribution in [3.8, 4) is 28.1 Å². The van der Waals surface area contributed by atoms with Crippen molar-refractivity contribution in [2.24, 2.45) is 23.2 Å². The molecule has 3 aliphatic rings. The van der Waals surface area contributed by atoms with Crippen molar-refractivity contribution in [2.75, 3.05) is 33.3 Å². The van der Waals surface area contributed by atoms with Gasteiger partial charge in [-0.2, -0.15) is 0 Å². The molecule has 4 aromatic rings. The number of carbonyl (C=O) groups excluding carboxylic acids is 5. The summed E-state index contributed by atoms with van der Waals surface area (Å²) in [5, 5.41) is 16.7. The van der Waals surface area contributed by atoms with E-state index in [4.69, 9.17) is 4.74 Å². The van der Waals surface area contributed by atoms with Crippen LogP contribution in [-0.2, 0) is 48.1 Å². The molecule has 338 valence electrons. The second kappa shape index (κ2) is 18.9. The predicted molar refractivity (Wildman–Crippen MR) is 247 cm³/mol. The minimum absolute atomic E-state index is 0.0134. The Morgan fingerprint density at radius 1 is 1.02 bits per heavy atom. The molecule has 0 radical (unpaired) electrons. The minimum atomic E-state index is -1.04. The molecule has 3 N–H and O–H groups in total. The first kappa shape index (κ1) is 45.8. The number of phenolic OH excluding ortho intramolecular Hbond substituents is 1. The Bertz CT molecular complexity index is 2470. The molecule has 2 fully saturated rings. The number of hydrogen-bond donors (Lipinski definition) is 3. The number of likely N-dealkylation sites (N-methyl/N-ethyl adjacent to an activating group) is 1. The lowest BCUT2D eigenvalue weighted by Gasteiger charge is -2.36. The number of cyclic esters (lactones) is 1. The van der Waals surface area contributed by atoms with Gasteiger partial charge in [0.05, 0.1) is 24.1 Å². The molecule has 13 heteroatoms. The average molecular weight is 871 g/mol. The highest BCUT2D eigenvalue weighted by atomic mass is 16.5. The van der Waals surface area contributed by atoms with Gasteiger partial charge in [0.25, 0.3) is 0 Å². The molecular formula is C51H62N6O7. The van der Waals surface area contributed by atoms with Crippen molar-refractivity contribution in [2.45, 2.75) is 85.4 Å². The third-order valence-electron chi connectivity index (χ3n) is 13.0. The molecule has 0 spiro atoms. The summed E-state index contributed by atoms with van der Waals surface area (Å²) in [6.07, 6.45) is 3.35. The summed E-state index contributed by atoms with van der Waals surface area (Å²) in [6.45, 7) is 19.6. The lowest BCUT2D eigenvalue weighted by molar-refractivity contribution is -0.155. The number of phenols is 1. The Morgan fingerprint density at radius 2 is 1.77 bits per heavy atom. The number of aryl methyl sites for hydroxylation is 1. The maximum atomic E-state index is 14.7. The van der Waals surface area contributed by atoms with Gasteiger partial charge in [0, 0.05) is 55.2 Å². The van der Waals surface area contributed by atoms with E-state index in [1.807, 2.05) is 44.2 Å². The van der Waals surface area contributed by atoms with E-state index < -0.39 is 47.1 Å². The lowest BCUT2D eigenvalue weighted by Crippen LogP contribution is -2.58. The number of esters is 1. The fourth-order valence-corrected chi connectivity index (χ4v) is 9.75. The highest BCUT2D eigenvalue weighted by Gasteiger charge is 2.40. The maximum absolute atomic E-state index is 14.7. The third kappa shape index (κ3) is 9.50. The predicted octanol–water partition coefficient (Wildman–Crippen LogP) is 6.63. The summed E-state index contributed by atoms with van der Waals surface area (Å²) in [5.74, 6) is -3.71. The number of aromatic nitrogens is 1. The molecule has 13 nitrogen and oxygen atoms in total. The normalized spacial score (nSPS) is 20.6. The van der Waals surface area contributed by atoms with Crippen molar-refractivity contribution in [1.29, 1.82) is 0 Å². The number of likely N-dealkylation sites (tertiary alicyclic amines) is 1. The van der Waals surface area contributed by atoms with Crippen LogP contribution in [0.1, 0.15) is 65.0 Å². The summed E-state index contributed by atoms with van der Waals surface area (Å²) in [6, 6.07) is 20.2. The highest BCUT2D eigenvalue weighted by molar-refractivity contribution is 5.96. The molecule has 1 aromatic heterocycles. The molecule has 4 atom stereocenters. The molecule has 7 rings (SSSR count). The molecule has 2 saturated heterocycles. The van der Waals surface area contributed by atoms with Crippen LogP contribution >= 0.6 is 0 Å². The molecule has 4 heterocycles. The van der Waals surface area contributed by atoms with E-state index in [0.29, 0.717) is 44.3 Å². The molecule has 0 saturated carbocycles. The van der Waals surface area contributed by atoms with Crippen molar-refractivity contribution < 1.29 is 33.8 Å². The first-order valence-corrected chi connectivity index (χ1v) is 22.5. The lowest BCUT2D eigenvalue weighted by atomic mass is 9.84. The summed E-state index contributed by atoms with van der Waals surface area (Å²) in [4.78, 5) is 71.9. The summed E-state index contributed by atoms with van der Waals surface area (Å²) in [5.41, 5.74) is 9.40.